The van der Waals surface area contributed by atoms with Crippen LogP contribution in [0.5, 0.6) is 0 Å². The number of rotatable bonds is 3. The molecule has 0 radical (unpaired) electrons. The minimum Gasteiger partial charge on any atom is -0.361 e. The van der Waals surface area contributed by atoms with E-state index in [1.807, 2.05) is 48.6 Å². The fourth-order valence-corrected chi connectivity index (χ4v) is 2.37. The zero-order valence-electron chi connectivity index (χ0n) is 11.6. The number of hydrogen-bond acceptors (Lipinski definition) is 1. The molecule has 0 saturated carbocycles. The molecular formula is C18H15N3. The monoisotopic (exact) mass is 273 g/mol. The molecule has 0 aromatic heterocycles. The van der Waals surface area contributed by atoms with Gasteiger partial charge in [0.2, 0.25) is 0 Å². The molecule has 0 N–H and O–H groups in total. The summed E-state index contributed by atoms with van der Waals surface area (Å²) in [6, 6.07) is 20.4. The first-order valence-electron chi connectivity index (χ1n) is 6.88. The highest BCUT2D eigenvalue weighted by molar-refractivity contribution is 5.94. The number of nitrogens with zero attached hydrogens (tertiary/aromatic N) is 3. The molecule has 0 saturated heterocycles. The second-order valence-corrected chi connectivity index (χ2v) is 4.76. The van der Waals surface area contributed by atoms with Gasteiger partial charge in [0.15, 0.2) is 0 Å². The molecule has 0 amide bonds. The van der Waals surface area contributed by atoms with E-state index in [1.165, 1.54) is 0 Å². The first-order chi connectivity index (χ1) is 10.4. The van der Waals surface area contributed by atoms with Gasteiger partial charge in [-0.2, -0.15) is 4.79 Å². The minimum atomic E-state index is 0.624. The average Bonchev–Trinajstić information content (AvgIpc) is 2.58. The Morgan fingerprint density at radius 1 is 0.810 bits per heavy atom. The van der Waals surface area contributed by atoms with Gasteiger partial charge in [-0.3, -0.25) is 0 Å². The fourth-order valence-electron chi connectivity index (χ4n) is 2.37. The van der Waals surface area contributed by atoms with Gasteiger partial charge in [-0.25, -0.2) is 0 Å². The van der Waals surface area contributed by atoms with E-state index in [0.717, 1.165) is 17.1 Å². The van der Waals surface area contributed by atoms with E-state index in [-0.39, 0.29) is 0 Å². The van der Waals surface area contributed by atoms with E-state index in [0.29, 0.717) is 12.1 Å². The topological polar surface area (TPSA) is 39.6 Å². The van der Waals surface area contributed by atoms with Crippen LogP contribution in [0.1, 0.15) is 6.42 Å². The summed E-state index contributed by atoms with van der Waals surface area (Å²) < 4.78 is 0. The van der Waals surface area contributed by atoms with Crippen molar-refractivity contribution in [3.63, 3.8) is 0 Å². The zero-order chi connectivity index (χ0) is 14.5. The summed E-state index contributed by atoms with van der Waals surface area (Å²) in [5.41, 5.74) is 12.8. The molecule has 0 heterocycles. The molecule has 0 spiro atoms. The highest BCUT2D eigenvalue weighted by Crippen LogP contribution is 2.31. The Morgan fingerprint density at radius 2 is 1.38 bits per heavy atom. The van der Waals surface area contributed by atoms with Crippen molar-refractivity contribution in [2.75, 3.05) is 4.90 Å². The third-order valence-electron chi connectivity index (χ3n) is 3.38. The molecule has 0 fully saturated rings. The van der Waals surface area contributed by atoms with Crippen molar-refractivity contribution in [2.45, 2.75) is 6.42 Å². The predicted octanol–water partition coefficient (Wildman–Crippen LogP) is 4.34. The van der Waals surface area contributed by atoms with E-state index in [1.54, 1.807) is 0 Å². The Balaban J connectivity index is 2.04. The number of benzene rings is 2. The standard InChI is InChI=1S/C18H15N3/c19-20-15-11-13-18(14-12-15)21(16-7-3-1-4-8-16)17-9-5-2-6-10-17/h1-11,13-14H,12H2. The molecule has 0 aliphatic heterocycles. The molecule has 1 aliphatic rings. The number of anilines is 2. The second kappa shape index (κ2) is 6.04. The third-order valence-corrected chi connectivity index (χ3v) is 3.38. The van der Waals surface area contributed by atoms with Gasteiger partial charge in [-0.15, -0.1) is 0 Å². The maximum atomic E-state index is 8.84. The van der Waals surface area contributed by atoms with E-state index in [9.17, 15) is 0 Å². The van der Waals surface area contributed by atoms with Crippen LogP contribution in [0.4, 0.5) is 11.4 Å². The van der Waals surface area contributed by atoms with E-state index >= 15 is 0 Å². The van der Waals surface area contributed by atoms with Gasteiger partial charge in [-0.1, -0.05) is 36.4 Å². The van der Waals surface area contributed by atoms with Crippen LogP contribution < -0.4 is 4.90 Å². The summed E-state index contributed by atoms with van der Waals surface area (Å²) in [5.74, 6) is 0. The van der Waals surface area contributed by atoms with Crippen molar-refractivity contribution < 1.29 is 4.79 Å². The zero-order valence-corrected chi connectivity index (χ0v) is 11.6. The van der Waals surface area contributed by atoms with Crippen molar-refractivity contribution in [3.8, 4) is 0 Å². The van der Waals surface area contributed by atoms with Gasteiger partial charge in [0.05, 0.1) is 6.42 Å². The highest BCUT2D eigenvalue weighted by atomic mass is 15.1. The molecule has 0 unspecified atom stereocenters. The number of allylic oxidation sites excluding steroid dienone is 3. The van der Waals surface area contributed by atoms with Crippen molar-refractivity contribution >= 4 is 17.1 Å². The highest BCUT2D eigenvalue weighted by Gasteiger charge is 2.16. The average molecular weight is 273 g/mol. The van der Waals surface area contributed by atoms with E-state index in [2.05, 4.69) is 40.0 Å². The van der Waals surface area contributed by atoms with Gasteiger partial charge in [0.25, 0.3) is 5.71 Å². The Labute approximate surface area is 124 Å². The van der Waals surface area contributed by atoms with Crippen LogP contribution >= 0.6 is 0 Å². The van der Waals surface area contributed by atoms with Crippen LogP contribution in [0.2, 0.25) is 0 Å². The second-order valence-electron chi connectivity index (χ2n) is 4.76. The molecule has 2 aromatic carbocycles. The Morgan fingerprint density at radius 3 is 1.81 bits per heavy atom. The Hall–Kier alpha value is -2.90. The van der Waals surface area contributed by atoms with Crippen LogP contribution in [0.25, 0.3) is 5.53 Å². The lowest BCUT2D eigenvalue weighted by molar-refractivity contribution is -0.00540. The lowest BCUT2D eigenvalue weighted by Crippen LogP contribution is -2.17. The van der Waals surface area contributed by atoms with Crippen LogP contribution in [-0.2, 0) is 0 Å². The first-order valence-corrected chi connectivity index (χ1v) is 6.88. The molecule has 1 aliphatic carbocycles. The lowest BCUT2D eigenvalue weighted by Gasteiger charge is -2.27. The van der Waals surface area contributed by atoms with E-state index < -0.39 is 0 Å². The summed E-state index contributed by atoms with van der Waals surface area (Å²) in [7, 11) is 0. The Bertz CT molecular complexity index is 684. The van der Waals surface area contributed by atoms with Gasteiger partial charge in [0, 0.05) is 23.1 Å². The number of hydrogen-bond donors (Lipinski definition) is 0. The summed E-state index contributed by atoms with van der Waals surface area (Å²) >= 11 is 0. The molecule has 3 rings (SSSR count). The van der Waals surface area contributed by atoms with Crippen molar-refractivity contribution in [3.05, 3.63) is 90.1 Å². The maximum Gasteiger partial charge on any atom is 0.295 e. The van der Waals surface area contributed by atoms with Crippen molar-refractivity contribution in [1.82, 2.24) is 0 Å². The largest absolute Gasteiger partial charge is 0.361 e. The third kappa shape index (κ3) is 2.83. The summed E-state index contributed by atoms with van der Waals surface area (Å²) in [6.07, 6.45) is 6.50. The van der Waals surface area contributed by atoms with Gasteiger partial charge >= 0.3 is 0 Å². The predicted molar refractivity (Wildman–Crippen MR) is 85.5 cm³/mol. The molecule has 21 heavy (non-hydrogen) atoms. The SMILES string of the molecule is [N-]=[N+]=C1C=CC(N(c2ccccc2)c2ccccc2)=CC1. The molecular weight excluding hydrogens is 258 g/mol. The molecule has 102 valence electrons. The summed E-state index contributed by atoms with van der Waals surface area (Å²) in [6.45, 7) is 0. The minimum absolute atomic E-state index is 0.624. The smallest absolute Gasteiger partial charge is 0.295 e. The quantitative estimate of drug-likeness (QED) is 0.605. The lowest BCUT2D eigenvalue weighted by atomic mass is 10.1. The first kappa shape index (κ1) is 13.1. The Kier molecular flexibility index (Phi) is 3.77. The van der Waals surface area contributed by atoms with Crippen LogP contribution in [-0.4, -0.2) is 10.5 Å². The van der Waals surface area contributed by atoms with E-state index in [4.69, 9.17) is 5.53 Å². The number of para-hydroxylation sites is 2. The summed E-state index contributed by atoms with van der Waals surface area (Å²) in [5, 5.41) is 0. The van der Waals surface area contributed by atoms with Gasteiger partial charge in [-0.05, 0) is 36.4 Å². The van der Waals surface area contributed by atoms with Gasteiger partial charge in [0.1, 0.15) is 0 Å². The van der Waals surface area contributed by atoms with Gasteiger partial charge < -0.3 is 10.4 Å². The van der Waals surface area contributed by atoms with Crippen LogP contribution in [0.3, 0.4) is 0 Å². The molecule has 2 aromatic rings. The van der Waals surface area contributed by atoms with Crippen LogP contribution in [0, 0.1) is 0 Å². The van der Waals surface area contributed by atoms with Crippen molar-refractivity contribution in [2.24, 2.45) is 0 Å². The molecule has 3 heteroatoms. The molecule has 3 nitrogen and oxygen atoms in total. The molecule has 0 bridgehead atoms. The van der Waals surface area contributed by atoms with Crippen molar-refractivity contribution in [1.29, 1.82) is 0 Å². The fraction of sp³-hybridized carbons (Fsp3) is 0.0556. The summed E-state index contributed by atoms with van der Waals surface area (Å²) in [4.78, 5) is 5.44. The maximum absolute atomic E-state index is 8.84. The normalized spacial score (nSPS) is 13.5. The molecule has 0 atom stereocenters. The van der Waals surface area contributed by atoms with Crippen LogP contribution in [0.15, 0.2) is 84.6 Å².